The van der Waals surface area contributed by atoms with E-state index in [1.807, 2.05) is 24.3 Å². The predicted molar refractivity (Wildman–Crippen MR) is 142 cm³/mol. The molecule has 2 aliphatic heterocycles. The fraction of sp³-hybridized carbons (Fsp3) is 0.393. The second kappa shape index (κ2) is 11.7. The molecule has 0 radical (unpaired) electrons. The van der Waals surface area contributed by atoms with Crippen molar-refractivity contribution in [2.75, 3.05) is 25.0 Å². The van der Waals surface area contributed by atoms with Gasteiger partial charge in [0.2, 0.25) is 0 Å². The van der Waals surface area contributed by atoms with Crippen molar-refractivity contribution in [3.63, 3.8) is 0 Å². The zero-order chi connectivity index (χ0) is 25.6. The number of hydrazine groups is 1. The quantitative estimate of drug-likeness (QED) is 0.332. The first-order valence-electron chi connectivity index (χ1n) is 13.0. The summed E-state index contributed by atoms with van der Waals surface area (Å²) >= 11 is 0. The van der Waals surface area contributed by atoms with Gasteiger partial charge in [-0.3, -0.25) is 15.6 Å². The topological polar surface area (TPSA) is 109 Å². The number of anilines is 2. The van der Waals surface area contributed by atoms with Gasteiger partial charge < -0.3 is 20.1 Å². The summed E-state index contributed by atoms with van der Waals surface area (Å²) in [6, 6.07) is 16.2. The standard InChI is InChI=1S/C28H34N6O3/c1-3-21(4-2)31-26(35)17-37-23-7-5-6-19(12-23)27-33-25-16-36-15-24(25)28(34-27)32-22-10-8-18(9-11-22)20-13-29-30-14-20/h5-12,20-21,29-30H,3-4,13-17H2,1-2H3,(H,31,35)(H,32,33,34). The summed E-state index contributed by atoms with van der Waals surface area (Å²) in [6.07, 6.45) is 1.79. The molecule has 0 atom stereocenters. The first-order valence-corrected chi connectivity index (χ1v) is 13.0. The Bertz CT molecular complexity index is 1220. The van der Waals surface area contributed by atoms with E-state index in [4.69, 9.17) is 19.4 Å². The lowest BCUT2D eigenvalue weighted by Gasteiger charge is -2.15. The molecule has 9 heteroatoms. The second-order valence-electron chi connectivity index (χ2n) is 9.42. The lowest BCUT2D eigenvalue weighted by atomic mass is 10.0. The maximum atomic E-state index is 12.3. The third-order valence-electron chi connectivity index (χ3n) is 6.86. The normalized spacial score (nSPS) is 15.1. The van der Waals surface area contributed by atoms with Gasteiger partial charge in [-0.1, -0.05) is 38.1 Å². The first-order chi connectivity index (χ1) is 18.1. The number of carbonyl (C=O) groups is 1. The number of rotatable bonds is 10. The van der Waals surface area contributed by atoms with E-state index in [0.717, 1.165) is 54.3 Å². The van der Waals surface area contributed by atoms with E-state index in [1.165, 1.54) is 5.56 Å². The summed E-state index contributed by atoms with van der Waals surface area (Å²) in [5.41, 5.74) is 11.3. The average Bonchev–Trinajstić information content (AvgIpc) is 3.64. The van der Waals surface area contributed by atoms with Gasteiger partial charge in [0.1, 0.15) is 11.6 Å². The summed E-state index contributed by atoms with van der Waals surface area (Å²) in [4.78, 5) is 21.9. The zero-order valence-corrected chi connectivity index (χ0v) is 21.3. The van der Waals surface area contributed by atoms with Gasteiger partial charge in [0.05, 0.1) is 18.9 Å². The summed E-state index contributed by atoms with van der Waals surface area (Å²) in [7, 11) is 0. The van der Waals surface area contributed by atoms with Crippen LogP contribution in [-0.2, 0) is 22.7 Å². The second-order valence-corrected chi connectivity index (χ2v) is 9.42. The number of ether oxygens (including phenoxy) is 2. The Morgan fingerprint density at radius 1 is 1.08 bits per heavy atom. The molecule has 1 saturated heterocycles. The van der Waals surface area contributed by atoms with Crippen LogP contribution < -0.4 is 26.2 Å². The minimum absolute atomic E-state index is 0.0331. The Hall–Kier alpha value is -3.53. The summed E-state index contributed by atoms with van der Waals surface area (Å²) < 4.78 is 11.5. The summed E-state index contributed by atoms with van der Waals surface area (Å²) in [5, 5.41) is 6.46. The number of fused-ring (bicyclic) bond motifs is 1. The largest absolute Gasteiger partial charge is 0.484 e. The molecule has 2 aromatic carbocycles. The molecule has 37 heavy (non-hydrogen) atoms. The number of nitrogens with one attached hydrogen (secondary N) is 4. The number of amides is 1. The van der Waals surface area contributed by atoms with Crippen LogP contribution in [0.2, 0.25) is 0 Å². The predicted octanol–water partition coefficient (Wildman–Crippen LogP) is 3.79. The zero-order valence-electron chi connectivity index (χ0n) is 21.3. The van der Waals surface area contributed by atoms with Gasteiger partial charge in [0.15, 0.2) is 12.4 Å². The molecule has 1 fully saturated rings. The summed E-state index contributed by atoms with van der Waals surface area (Å²) in [6.45, 7) is 6.87. The van der Waals surface area contributed by atoms with Crippen LogP contribution in [0.15, 0.2) is 48.5 Å². The molecule has 3 aromatic rings. The average molecular weight is 503 g/mol. The van der Waals surface area contributed by atoms with E-state index >= 15 is 0 Å². The monoisotopic (exact) mass is 502 g/mol. The minimum atomic E-state index is -0.122. The van der Waals surface area contributed by atoms with Gasteiger partial charge >= 0.3 is 0 Å². The first kappa shape index (κ1) is 25.1. The fourth-order valence-electron chi connectivity index (χ4n) is 4.59. The molecule has 0 unspecified atom stereocenters. The van der Waals surface area contributed by atoms with Gasteiger partial charge in [-0.2, -0.15) is 0 Å². The van der Waals surface area contributed by atoms with Gasteiger partial charge in [-0.15, -0.1) is 0 Å². The number of hydrogen-bond donors (Lipinski definition) is 4. The molecule has 0 saturated carbocycles. The molecular weight excluding hydrogens is 468 g/mol. The van der Waals surface area contributed by atoms with Crippen LogP contribution in [0, 0.1) is 0 Å². The van der Waals surface area contributed by atoms with Crippen molar-refractivity contribution >= 4 is 17.4 Å². The third-order valence-corrected chi connectivity index (χ3v) is 6.86. The molecule has 194 valence electrons. The van der Waals surface area contributed by atoms with Crippen LogP contribution in [0.4, 0.5) is 11.5 Å². The molecule has 3 heterocycles. The van der Waals surface area contributed by atoms with Crippen LogP contribution in [-0.4, -0.2) is 41.6 Å². The van der Waals surface area contributed by atoms with E-state index in [0.29, 0.717) is 30.7 Å². The number of hydrogen-bond acceptors (Lipinski definition) is 8. The van der Waals surface area contributed by atoms with Crippen molar-refractivity contribution in [2.24, 2.45) is 0 Å². The van der Waals surface area contributed by atoms with Gasteiger partial charge in [-0.05, 0) is 42.7 Å². The fourth-order valence-corrected chi connectivity index (χ4v) is 4.59. The van der Waals surface area contributed by atoms with Gasteiger partial charge in [0, 0.05) is 41.9 Å². The van der Waals surface area contributed by atoms with Crippen molar-refractivity contribution < 1.29 is 14.3 Å². The van der Waals surface area contributed by atoms with E-state index in [-0.39, 0.29) is 18.6 Å². The molecule has 2 aliphatic rings. The maximum absolute atomic E-state index is 12.3. The van der Waals surface area contributed by atoms with Crippen molar-refractivity contribution in [2.45, 2.75) is 51.9 Å². The van der Waals surface area contributed by atoms with Gasteiger partial charge in [0.25, 0.3) is 5.91 Å². The molecule has 4 N–H and O–H groups in total. The van der Waals surface area contributed by atoms with E-state index in [2.05, 4.69) is 59.6 Å². The van der Waals surface area contributed by atoms with Crippen LogP contribution in [0.25, 0.3) is 11.4 Å². The Morgan fingerprint density at radius 3 is 2.62 bits per heavy atom. The van der Waals surface area contributed by atoms with E-state index in [9.17, 15) is 4.79 Å². The Morgan fingerprint density at radius 2 is 1.86 bits per heavy atom. The Labute approximate surface area is 217 Å². The highest BCUT2D eigenvalue weighted by atomic mass is 16.5. The highest BCUT2D eigenvalue weighted by Crippen LogP contribution is 2.31. The molecule has 1 amide bonds. The maximum Gasteiger partial charge on any atom is 0.258 e. The molecule has 1 aromatic heterocycles. The van der Waals surface area contributed by atoms with Crippen LogP contribution in [0.5, 0.6) is 5.75 Å². The van der Waals surface area contributed by atoms with Crippen LogP contribution in [0.1, 0.15) is 49.4 Å². The lowest BCUT2D eigenvalue weighted by Crippen LogP contribution is -2.37. The number of nitrogens with zero attached hydrogens (tertiary/aromatic N) is 2. The van der Waals surface area contributed by atoms with Crippen LogP contribution >= 0.6 is 0 Å². The van der Waals surface area contributed by atoms with Crippen molar-refractivity contribution in [3.8, 4) is 17.1 Å². The Kier molecular flexibility index (Phi) is 7.93. The molecule has 9 nitrogen and oxygen atoms in total. The minimum Gasteiger partial charge on any atom is -0.484 e. The SMILES string of the molecule is CCC(CC)NC(=O)COc1cccc(-c2nc3c(c(Nc4ccc(C5CNNC5)cc4)n2)COC3)c1. The highest BCUT2D eigenvalue weighted by Gasteiger charge is 2.22. The Balaban J connectivity index is 1.32. The molecule has 0 spiro atoms. The van der Waals surface area contributed by atoms with Crippen molar-refractivity contribution in [1.29, 1.82) is 0 Å². The van der Waals surface area contributed by atoms with Crippen LogP contribution in [0.3, 0.4) is 0 Å². The summed E-state index contributed by atoms with van der Waals surface area (Å²) in [5.74, 6) is 2.27. The molecule has 5 rings (SSSR count). The number of aromatic nitrogens is 2. The molecular formula is C28H34N6O3. The number of benzene rings is 2. The smallest absolute Gasteiger partial charge is 0.258 e. The van der Waals surface area contributed by atoms with Crippen molar-refractivity contribution in [3.05, 3.63) is 65.4 Å². The van der Waals surface area contributed by atoms with E-state index in [1.54, 1.807) is 0 Å². The lowest BCUT2D eigenvalue weighted by molar-refractivity contribution is -0.123. The highest BCUT2D eigenvalue weighted by molar-refractivity contribution is 5.78. The van der Waals surface area contributed by atoms with Gasteiger partial charge in [-0.25, -0.2) is 9.97 Å². The third kappa shape index (κ3) is 6.07. The molecule has 0 aliphatic carbocycles. The molecule has 0 bridgehead atoms. The van der Waals surface area contributed by atoms with Crippen molar-refractivity contribution in [1.82, 2.24) is 26.1 Å². The van der Waals surface area contributed by atoms with E-state index < -0.39 is 0 Å². The number of carbonyl (C=O) groups excluding carboxylic acids is 1.